The average Bonchev–Trinajstić information content (AvgIpc) is 2.87. The van der Waals surface area contributed by atoms with E-state index in [4.69, 9.17) is 4.43 Å². The van der Waals surface area contributed by atoms with E-state index in [1.165, 1.54) is 27.7 Å². The number of hydrogen-bond acceptors (Lipinski definition) is 1. The first-order valence-electron chi connectivity index (χ1n) is 9.59. The molecule has 1 aromatic heterocycles. The van der Waals surface area contributed by atoms with Crippen LogP contribution in [-0.2, 0) is 24.5 Å². The Morgan fingerprint density at radius 2 is 1.85 bits per heavy atom. The first-order chi connectivity index (χ1) is 12.1. The molecule has 2 rings (SSSR count). The molecule has 0 N–H and O–H groups in total. The number of fused-ring (bicyclic) bond motifs is 1. The number of allylic oxidation sites excluding steroid dienone is 1. The second-order valence-electron chi connectivity index (χ2n) is 8.74. The number of hydrogen-bond donors (Lipinski definition) is 0. The van der Waals surface area contributed by atoms with Gasteiger partial charge in [0.05, 0.1) is 6.61 Å². The lowest BCUT2D eigenvalue weighted by atomic mass is 10.00. The molecular formula is C23H35NOSi. The van der Waals surface area contributed by atoms with Crippen molar-refractivity contribution in [1.82, 2.24) is 4.57 Å². The monoisotopic (exact) mass is 369 g/mol. The summed E-state index contributed by atoms with van der Waals surface area (Å²) in [5.41, 5.74) is 5.10. The molecule has 0 amide bonds. The zero-order valence-electron chi connectivity index (χ0n) is 17.5. The molecular weight excluding hydrogens is 334 g/mol. The summed E-state index contributed by atoms with van der Waals surface area (Å²) in [6, 6.07) is 6.87. The third-order valence-electron chi connectivity index (χ3n) is 5.86. The highest BCUT2D eigenvalue weighted by Gasteiger charge is 2.37. The van der Waals surface area contributed by atoms with Crippen molar-refractivity contribution < 1.29 is 4.43 Å². The molecule has 142 valence electrons. The van der Waals surface area contributed by atoms with Crippen molar-refractivity contribution >= 4 is 25.3 Å². The maximum Gasteiger partial charge on any atom is 0.192 e. The van der Waals surface area contributed by atoms with Gasteiger partial charge < -0.3 is 8.99 Å². The molecule has 2 aromatic rings. The SMILES string of the molecule is C=CCCCc1cc2cc(CO[Si](C)(C)C(C)(C)C)n(C)c2cc1C=C. The average molecular weight is 370 g/mol. The fourth-order valence-corrected chi connectivity index (χ4v) is 3.90. The predicted molar refractivity (Wildman–Crippen MR) is 118 cm³/mol. The molecule has 1 heterocycles. The third kappa shape index (κ3) is 4.39. The van der Waals surface area contributed by atoms with Crippen molar-refractivity contribution in [2.75, 3.05) is 0 Å². The molecule has 0 aliphatic rings. The van der Waals surface area contributed by atoms with Gasteiger partial charge in [-0.15, -0.1) is 6.58 Å². The van der Waals surface area contributed by atoms with Gasteiger partial charge in [-0.1, -0.05) is 39.5 Å². The molecule has 0 unspecified atom stereocenters. The molecule has 0 saturated carbocycles. The molecule has 0 aliphatic heterocycles. The Bertz CT molecular complexity index is 793. The number of rotatable bonds is 8. The molecule has 2 nitrogen and oxygen atoms in total. The summed E-state index contributed by atoms with van der Waals surface area (Å²) in [5, 5.41) is 1.52. The van der Waals surface area contributed by atoms with Crippen molar-refractivity contribution in [3.63, 3.8) is 0 Å². The zero-order valence-corrected chi connectivity index (χ0v) is 18.5. The summed E-state index contributed by atoms with van der Waals surface area (Å²) in [7, 11) is 0.387. The van der Waals surface area contributed by atoms with Gasteiger partial charge in [0, 0.05) is 23.6 Å². The van der Waals surface area contributed by atoms with Crippen LogP contribution in [0.5, 0.6) is 0 Å². The molecule has 0 atom stereocenters. The van der Waals surface area contributed by atoms with E-state index in [1.807, 2.05) is 12.2 Å². The molecule has 0 saturated heterocycles. The highest BCUT2D eigenvalue weighted by Crippen LogP contribution is 2.37. The summed E-state index contributed by atoms with van der Waals surface area (Å²) in [4.78, 5) is 0. The van der Waals surface area contributed by atoms with Gasteiger partial charge in [0.2, 0.25) is 0 Å². The van der Waals surface area contributed by atoms with Crippen LogP contribution < -0.4 is 0 Å². The Kier molecular flexibility index (Phi) is 6.36. The summed E-state index contributed by atoms with van der Waals surface area (Å²) in [6.07, 6.45) is 7.21. The lowest BCUT2D eigenvalue weighted by molar-refractivity contribution is 0.269. The quantitative estimate of drug-likeness (QED) is 0.282. The van der Waals surface area contributed by atoms with Crippen LogP contribution in [0.15, 0.2) is 37.4 Å². The molecule has 0 aliphatic carbocycles. The first-order valence-corrected chi connectivity index (χ1v) is 12.5. The highest BCUT2D eigenvalue weighted by atomic mass is 28.4. The smallest absolute Gasteiger partial charge is 0.192 e. The largest absolute Gasteiger partial charge is 0.411 e. The van der Waals surface area contributed by atoms with Crippen LogP contribution in [-0.4, -0.2) is 12.9 Å². The Labute approximate surface area is 160 Å². The van der Waals surface area contributed by atoms with Gasteiger partial charge in [0.1, 0.15) is 0 Å². The van der Waals surface area contributed by atoms with Gasteiger partial charge in [0.15, 0.2) is 8.32 Å². The van der Waals surface area contributed by atoms with Gasteiger partial charge in [-0.3, -0.25) is 0 Å². The van der Waals surface area contributed by atoms with E-state index in [0.29, 0.717) is 6.61 Å². The van der Waals surface area contributed by atoms with Crippen LogP contribution in [0.25, 0.3) is 17.0 Å². The molecule has 3 heteroatoms. The lowest BCUT2D eigenvalue weighted by Gasteiger charge is -2.36. The van der Waals surface area contributed by atoms with E-state index < -0.39 is 8.32 Å². The van der Waals surface area contributed by atoms with Gasteiger partial charge >= 0.3 is 0 Å². The molecule has 26 heavy (non-hydrogen) atoms. The summed E-state index contributed by atoms with van der Waals surface area (Å²) in [5.74, 6) is 0. The van der Waals surface area contributed by atoms with Crippen molar-refractivity contribution in [2.24, 2.45) is 7.05 Å². The van der Waals surface area contributed by atoms with E-state index in [0.717, 1.165) is 19.3 Å². The van der Waals surface area contributed by atoms with Crippen LogP contribution in [0.4, 0.5) is 0 Å². The molecule has 0 fully saturated rings. The number of nitrogens with zero attached hydrogens (tertiary/aromatic N) is 1. The fourth-order valence-electron chi connectivity index (χ4n) is 2.96. The number of aromatic nitrogens is 1. The Morgan fingerprint density at radius 1 is 1.15 bits per heavy atom. The van der Waals surface area contributed by atoms with E-state index in [2.05, 4.69) is 76.8 Å². The second-order valence-corrected chi connectivity index (χ2v) is 13.5. The normalized spacial score (nSPS) is 12.5. The van der Waals surface area contributed by atoms with Crippen molar-refractivity contribution in [2.45, 2.75) is 64.8 Å². The third-order valence-corrected chi connectivity index (χ3v) is 10.3. The Hall–Kier alpha value is -1.58. The van der Waals surface area contributed by atoms with Crippen LogP contribution in [0.1, 0.15) is 50.4 Å². The van der Waals surface area contributed by atoms with Gasteiger partial charge in [0.25, 0.3) is 0 Å². The van der Waals surface area contributed by atoms with Crippen molar-refractivity contribution in [3.8, 4) is 0 Å². The molecule has 0 spiro atoms. The fraction of sp³-hybridized carbons (Fsp3) is 0.478. The van der Waals surface area contributed by atoms with Crippen LogP contribution in [0, 0.1) is 0 Å². The van der Waals surface area contributed by atoms with E-state index >= 15 is 0 Å². The maximum atomic E-state index is 6.44. The molecule has 0 bridgehead atoms. The van der Waals surface area contributed by atoms with Crippen LogP contribution in [0.2, 0.25) is 18.1 Å². The minimum Gasteiger partial charge on any atom is -0.411 e. The predicted octanol–water partition coefficient (Wildman–Crippen LogP) is 6.85. The lowest BCUT2D eigenvalue weighted by Crippen LogP contribution is -2.40. The van der Waals surface area contributed by atoms with E-state index in [9.17, 15) is 0 Å². The number of benzene rings is 1. The summed E-state index contributed by atoms with van der Waals surface area (Å²) >= 11 is 0. The minimum atomic E-state index is -1.75. The van der Waals surface area contributed by atoms with Gasteiger partial charge in [-0.2, -0.15) is 0 Å². The second kappa shape index (κ2) is 7.97. The number of aryl methyl sites for hydroxylation is 2. The topological polar surface area (TPSA) is 14.2 Å². The van der Waals surface area contributed by atoms with Crippen molar-refractivity contribution in [1.29, 1.82) is 0 Å². The zero-order chi connectivity index (χ0) is 19.5. The van der Waals surface area contributed by atoms with E-state index in [1.54, 1.807) is 0 Å². The van der Waals surface area contributed by atoms with Crippen LogP contribution >= 0.6 is 0 Å². The summed E-state index contributed by atoms with van der Waals surface area (Å²) in [6.45, 7) is 20.0. The van der Waals surface area contributed by atoms with Crippen molar-refractivity contribution in [3.05, 3.63) is 54.3 Å². The maximum absolute atomic E-state index is 6.44. The highest BCUT2D eigenvalue weighted by molar-refractivity contribution is 6.74. The molecule has 1 aromatic carbocycles. The Balaban J connectivity index is 2.31. The molecule has 0 radical (unpaired) electrons. The van der Waals surface area contributed by atoms with Gasteiger partial charge in [-0.25, -0.2) is 0 Å². The minimum absolute atomic E-state index is 0.228. The number of unbranched alkanes of at least 4 members (excludes halogenated alkanes) is 1. The first kappa shape index (κ1) is 20.7. The summed E-state index contributed by atoms with van der Waals surface area (Å²) < 4.78 is 8.71. The van der Waals surface area contributed by atoms with E-state index in [-0.39, 0.29) is 5.04 Å². The standard InChI is InChI=1S/C23H35NOSi/c1-9-11-12-13-19-14-20-15-21(17-25-26(7,8)23(3,4)5)24(6)22(20)16-18(19)10-2/h9-10,14-16H,1-2,11-13,17H2,3-8H3. The van der Waals surface area contributed by atoms with Gasteiger partial charge in [-0.05, 0) is 66.7 Å². The Morgan fingerprint density at radius 3 is 2.42 bits per heavy atom. The van der Waals surface area contributed by atoms with Crippen LogP contribution in [0.3, 0.4) is 0 Å².